The van der Waals surface area contributed by atoms with E-state index < -0.39 is 12.1 Å². The molecule has 1 rings (SSSR count). The Morgan fingerprint density at radius 2 is 1.82 bits per heavy atom. The van der Waals surface area contributed by atoms with Gasteiger partial charge in [0.2, 0.25) is 0 Å². The number of rotatable bonds is 2. The Labute approximate surface area is 109 Å². The van der Waals surface area contributed by atoms with Gasteiger partial charge in [-0.15, -0.1) is 12.4 Å². The maximum Gasteiger partial charge on any atom is 0.0995 e. The molecule has 0 aliphatic carbocycles. The summed E-state index contributed by atoms with van der Waals surface area (Å²) in [5.41, 5.74) is 6.92. The fourth-order valence-corrected chi connectivity index (χ4v) is 1.60. The number of nitriles is 1. The molecule has 1 aromatic carbocycles. The minimum absolute atomic E-state index is 0. The molecule has 0 spiro atoms. The van der Waals surface area contributed by atoms with Crippen molar-refractivity contribution in [3.8, 4) is 6.07 Å². The van der Waals surface area contributed by atoms with Crippen molar-refractivity contribution in [1.82, 2.24) is 0 Å². The molecule has 0 saturated carbocycles. The first-order valence-electron chi connectivity index (χ1n) is 5.30. The summed E-state index contributed by atoms with van der Waals surface area (Å²) in [6.45, 7) is 5.77. The second kappa shape index (κ2) is 6.02. The first-order valence-corrected chi connectivity index (χ1v) is 5.30. The Hall–Kier alpha value is -1.08. The van der Waals surface area contributed by atoms with Gasteiger partial charge in [0.15, 0.2) is 0 Å². The number of halogens is 1. The fourth-order valence-electron chi connectivity index (χ4n) is 1.60. The van der Waals surface area contributed by atoms with Crippen LogP contribution >= 0.6 is 12.4 Å². The summed E-state index contributed by atoms with van der Waals surface area (Å²) in [7, 11) is 0. The van der Waals surface area contributed by atoms with Gasteiger partial charge >= 0.3 is 0 Å². The summed E-state index contributed by atoms with van der Waals surface area (Å²) >= 11 is 0. The molecule has 94 valence electrons. The van der Waals surface area contributed by atoms with Crippen molar-refractivity contribution in [1.29, 1.82) is 5.26 Å². The summed E-state index contributed by atoms with van der Waals surface area (Å²) in [5, 5.41) is 19.1. The molecule has 0 heterocycles. The van der Waals surface area contributed by atoms with Crippen LogP contribution in [0.15, 0.2) is 24.3 Å². The molecule has 0 bridgehead atoms. The van der Waals surface area contributed by atoms with Crippen molar-refractivity contribution in [2.24, 2.45) is 11.1 Å². The SMILES string of the molecule is CC(C)(C)[C@@H](O)[C@@H](N)c1ccccc1C#N.Cl. The van der Waals surface area contributed by atoms with E-state index in [2.05, 4.69) is 6.07 Å². The second-order valence-electron chi connectivity index (χ2n) is 5.04. The predicted molar refractivity (Wildman–Crippen MR) is 70.8 cm³/mol. The van der Waals surface area contributed by atoms with Gasteiger partial charge in [-0.1, -0.05) is 39.0 Å². The Morgan fingerprint density at radius 3 is 2.29 bits per heavy atom. The van der Waals surface area contributed by atoms with Gasteiger partial charge in [-0.25, -0.2) is 0 Å². The van der Waals surface area contributed by atoms with E-state index in [9.17, 15) is 5.11 Å². The standard InChI is InChI=1S/C13H18N2O.ClH/c1-13(2,3)12(16)11(15)10-7-5-4-6-9(10)8-14;/h4-7,11-12,16H,15H2,1-3H3;1H/t11-,12-;/m0./s1. The van der Waals surface area contributed by atoms with Crippen molar-refractivity contribution in [3.05, 3.63) is 35.4 Å². The summed E-state index contributed by atoms with van der Waals surface area (Å²) < 4.78 is 0. The fraction of sp³-hybridized carbons (Fsp3) is 0.462. The van der Waals surface area contributed by atoms with E-state index in [4.69, 9.17) is 11.0 Å². The molecule has 3 N–H and O–H groups in total. The number of hydrogen-bond donors (Lipinski definition) is 2. The van der Waals surface area contributed by atoms with Crippen molar-refractivity contribution in [2.75, 3.05) is 0 Å². The molecule has 0 saturated heterocycles. The van der Waals surface area contributed by atoms with Crippen molar-refractivity contribution >= 4 is 12.4 Å². The van der Waals surface area contributed by atoms with Crippen molar-refractivity contribution in [3.63, 3.8) is 0 Å². The molecule has 0 aliphatic heterocycles. The quantitative estimate of drug-likeness (QED) is 0.851. The third-order valence-electron chi connectivity index (χ3n) is 2.67. The Bertz CT molecular complexity index is 407. The van der Waals surface area contributed by atoms with Gasteiger partial charge in [0.25, 0.3) is 0 Å². The topological polar surface area (TPSA) is 70.0 Å². The Kier molecular flexibility index (Phi) is 5.63. The van der Waals surface area contributed by atoms with Crippen molar-refractivity contribution in [2.45, 2.75) is 32.9 Å². The molecule has 0 fully saturated rings. The highest BCUT2D eigenvalue weighted by Crippen LogP contribution is 2.29. The lowest BCUT2D eigenvalue weighted by Crippen LogP contribution is -2.37. The minimum atomic E-state index is -0.679. The highest BCUT2D eigenvalue weighted by molar-refractivity contribution is 5.85. The molecule has 4 heteroatoms. The number of benzene rings is 1. The van der Waals surface area contributed by atoms with Crippen LogP contribution < -0.4 is 5.73 Å². The largest absolute Gasteiger partial charge is 0.391 e. The van der Waals surface area contributed by atoms with Crippen LogP contribution in [0.1, 0.15) is 37.9 Å². The number of hydrogen-bond acceptors (Lipinski definition) is 3. The molecule has 1 aromatic rings. The van der Waals surface area contributed by atoms with Crippen LogP contribution in [0.2, 0.25) is 0 Å². The third kappa shape index (κ3) is 3.71. The Morgan fingerprint density at radius 1 is 1.29 bits per heavy atom. The van der Waals surface area contributed by atoms with Crippen LogP contribution in [0, 0.1) is 16.7 Å². The van der Waals surface area contributed by atoms with Crippen LogP contribution in [-0.2, 0) is 0 Å². The lowest BCUT2D eigenvalue weighted by molar-refractivity contribution is 0.0400. The zero-order valence-electron chi connectivity index (χ0n) is 10.3. The molecule has 0 amide bonds. The number of nitrogens with two attached hydrogens (primary N) is 1. The number of aliphatic hydroxyl groups excluding tert-OH is 1. The zero-order valence-corrected chi connectivity index (χ0v) is 11.2. The van der Waals surface area contributed by atoms with E-state index in [1.807, 2.05) is 26.8 Å². The van der Waals surface area contributed by atoms with Crippen molar-refractivity contribution < 1.29 is 5.11 Å². The summed E-state index contributed by atoms with van der Waals surface area (Å²) in [6.07, 6.45) is -0.679. The molecule has 17 heavy (non-hydrogen) atoms. The van der Waals surface area contributed by atoms with E-state index in [1.54, 1.807) is 18.2 Å². The Balaban J connectivity index is 0.00000256. The maximum absolute atomic E-state index is 10.1. The van der Waals surface area contributed by atoms with E-state index in [0.717, 1.165) is 0 Å². The molecule has 3 nitrogen and oxygen atoms in total. The van der Waals surface area contributed by atoms with Gasteiger partial charge in [0.1, 0.15) is 0 Å². The van der Waals surface area contributed by atoms with Crippen LogP contribution in [0.4, 0.5) is 0 Å². The number of nitrogens with zero attached hydrogens (tertiary/aromatic N) is 1. The van der Waals surface area contributed by atoms with Gasteiger partial charge in [0.05, 0.1) is 23.8 Å². The van der Waals surface area contributed by atoms with Gasteiger partial charge in [0, 0.05) is 0 Å². The molecule has 0 radical (unpaired) electrons. The lowest BCUT2D eigenvalue weighted by atomic mass is 9.81. The highest BCUT2D eigenvalue weighted by atomic mass is 35.5. The van der Waals surface area contributed by atoms with Gasteiger partial charge in [-0.2, -0.15) is 5.26 Å². The van der Waals surface area contributed by atoms with Crippen LogP contribution in [0.5, 0.6) is 0 Å². The maximum atomic E-state index is 10.1. The van der Waals surface area contributed by atoms with E-state index in [-0.39, 0.29) is 17.8 Å². The first kappa shape index (κ1) is 15.9. The molecule has 0 aromatic heterocycles. The van der Waals surface area contributed by atoms with Crippen LogP contribution in [-0.4, -0.2) is 11.2 Å². The molecule has 0 aliphatic rings. The molecule has 0 unspecified atom stereocenters. The van der Waals surface area contributed by atoms with E-state index >= 15 is 0 Å². The summed E-state index contributed by atoms with van der Waals surface area (Å²) in [5.74, 6) is 0. The monoisotopic (exact) mass is 254 g/mol. The van der Waals surface area contributed by atoms with Gasteiger partial charge in [-0.05, 0) is 17.0 Å². The molecular weight excluding hydrogens is 236 g/mol. The van der Waals surface area contributed by atoms with E-state index in [1.165, 1.54) is 0 Å². The average Bonchev–Trinajstić information content (AvgIpc) is 2.25. The molecule has 2 atom stereocenters. The van der Waals surface area contributed by atoms with Gasteiger partial charge < -0.3 is 10.8 Å². The average molecular weight is 255 g/mol. The van der Waals surface area contributed by atoms with Crippen LogP contribution in [0.25, 0.3) is 0 Å². The third-order valence-corrected chi connectivity index (χ3v) is 2.67. The molecular formula is C13H19ClN2O. The highest BCUT2D eigenvalue weighted by Gasteiger charge is 2.30. The summed E-state index contributed by atoms with van der Waals surface area (Å²) in [4.78, 5) is 0. The normalized spacial score (nSPS) is 14.4. The number of aliphatic hydroxyl groups is 1. The smallest absolute Gasteiger partial charge is 0.0995 e. The van der Waals surface area contributed by atoms with E-state index in [0.29, 0.717) is 11.1 Å². The minimum Gasteiger partial charge on any atom is -0.391 e. The first-order chi connectivity index (χ1) is 7.38. The van der Waals surface area contributed by atoms with Crippen LogP contribution in [0.3, 0.4) is 0 Å². The zero-order chi connectivity index (χ0) is 12.3. The van der Waals surface area contributed by atoms with Gasteiger partial charge in [-0.3, -0.25) is 0 Å². The second-order valence-corrected chi connectivity index (χ2v) is 5.04. The predicted octanol–water partition coefficient (Wildman–Crippen LogP) is 2.39. The lowest BCUT2D eigenvalue weighted by Gasteiger charge is -2.31. The summed E-state index contributed by atoms with van der Waals surface area (Å²) in [6, 6.07) is 8.68.